The molecule has 0 atom stereocenters. The molecule has 0 bridgehead atoms. The van der Waals surface area contributed by atoms with E-state index in [1.165, 1.54) is 0 Å². The van der Waals surface area contributed by atoms with Crippen molar-refractivity contribution in [2.24, 2.45) is 0 Å². The van der Waals surface area contributed by atoms with Gasteiger partial charge in [0.1, 0.15) is 0 Å². The number of aromatic nitrogens is 2. The second kappa shape index (κ2) is 4.10. The van der Waals surface area contributed by atoms with Crippen molar-refractivity contribution in [2.45, 2.75) is 13.8 Å². The number of aromatic amines is 1. The Hall–Kier alpha value is -1.61. The van der Waals surface area contributed by atoms with E-state index in [9.17, 15) is 4.79 Å². The molecule has 82 valence electrons. The smallest absolute Gasteiger partial charge is 0.267 e. The predicted octanol–water partition coefficient (Wildman–Crippen LogP) is 2.71. The normalized spacial score (nSPS) is 10.4. The standard InChI is InChI=1S/C12H11ClN2O/c1-7-8(2)12(16)15-14-11(7)9-5-3-4-6-10(9)13/h3-6H,1-2H3,(H,15,16). The summed E-state index contributed by atoms with van der Waals surface area (Å²) in [4.78, 5) is 11.4. The highest BCUT2D eigenvalue weighted by Crippen LogP contribution is 2.27. The lowest BCUT2D eigenvalue weighted by Gasteiger charge is -2.07. The topological polar surface area (TPSA) is 45.8 Å². The van der Waals surface area contributed by atoms with Crippen LogP contribution < -0.4 is 5.56 Å². The summed E-state index contributed by atoms with van der Waals surface area (Å²) in [5.74, 6) is 0. The minimum absolute atomic E-state index is 0.159. The summed E-state index contributed by atoms with van der Waals surface area (Å²) >= 11 is 6.09. The molecule has 2 aromatic rings. The van der Waals surface area contributed by atoms with Crippen LogP contribution in [0.4, 0.5) is 0 Å². The average Bonchev–Trinajstić information content (AvgIpc) is 2.28. The van der Waals surface area contributed by atoms with Gasteiger partial charge in [0.2, 0.25) is 0 Å². The molecule has 1 aromatic heterocycles. The molecule has 0 aliphatic heterocycles. The van der Waals surface area contributed by atoms with E-state index in [1.807, 2.05) is 25.1 Å². The zero-order valence-corrected chi connectivity index (χ0v) is 9.80. The van der Waals surface area contributed by atoms with Gasteiger partial charge in [-0.1, -0.05) is 29.8 Å². The lowest BCUT2D eigenvalue weighted by atomic mass is 10.0. The van der Waals surface area contributed by atoms with Crippen LogP contribution in [-0.4, -0.2) is 10.2 Å². The van der Waals surface area contributed by atoms with Crippen molar-refractivity contribution in [3.8, 4) is 11.3 Å². The largest absolute Gasteiger partial charge is 0.268 e. The van der Waals surface area contributed by atoms with Crippen molar-refractivity contribution < 1.29 is 0 Å². The molecule has 3 nitrogen and oxygen atoms in total. The van der Waals surface area contributed by atoms with E-state index >= 15 is 0 Å². The molecule has 1 heterocycles. The van der Waals surface area contributed by atoms with Crippen molar-refractivity contribution in [3.05, 3.63) is 50.8 Å². The fraction of sp³-hybridized carbons (Fsp3) is 0.167. The van der Waals surface area contributed by atoms with E-state index in [2.05, 4.69) is 10.2 Å². The lowest BCUT2D eigenvalue weighted by molar-refractivity contribution is 0.959. The van der Waals surface area contributed by atoms with Gasteiger partial charge < -0.3 is 0 Å². The summed E-state index contributed by atoms with van der Waals surface area (Å²) < 4.78 is 0. The Morgan fingerprint density at radius 2 is 1.88 bits per heavy atom. The molecule has 0 unspecified atom stereocenters. The minimum Gasteiger partial charge on any atom is -0.268 e. The number of halogens is 1. The van der Waals surface area contributed by atoms with Gasteiger partial charge in [-0.15, -0.1) is 0 Å². The number of H-pyrrole nitrogens is 1. The molecule has 2 rings (SSSR count). The molecule has 0 saturated heterocycles. The van der Waals surface area contributed by atoms with Crippen molar-refractivity contribution in [2.75, 3.05) is 0 Å². The van der Waals surface area contributed by atoms with Crippen molar-refractivity contribution in [1.82, 2.24) is 10.2 Å². The SMILES string of the molecule is Cc1c(-c2ccccc2Cl)n[nH]c(=O)c1C. The third kappa shape index (κ3) is 1.74. The monoisotopic (exact) mass is 234 g/mol. The van der Waals surface area contributed by atoms with Gasteiger partial charge in [-0.3, -0.25) is 4.79 Å². The molecule has 16 heavy (non-hydrogen) atoms. The van der Waals surface area contributed by atoms with Crippen LogP contribution in [0.1, 0.15) is 11.1 Å². The first-order chi connectivity index (χ1) is 7.61. The summed E-state index contributed by atoms with van der Waals surface area (Å²) in [5, 5.41) is 7.15. The van der Waals surface area contributed by atoms with E-state index in [4.69, 9.17) is 11.6 Å². The maximum atomic E-state index is 11.4. The molecule has 1 aromatic carbocycles. The van der Waals surface area contributed by atoms with E-state index < -0.39 is 0 Å². The van der Waals surface area contributed by atoms with E-state index in [-0.39, 0.29) is 5.56 Å². The van der Waals surface area contributed by atoms with Gasteiger partial charge in [-0.05, 0) is 25.5 Å². The van der Waals surface area contributed by atoms with E-state index in [0.29, 0.717) is 10.6 Å². The molecular weight excluding hydrogens is 224 g/mol. The Kier molecular flexibility index (Phi) is 2.79. The number of rotatable bonds is 1. The number of hydrogen-bond acceptors (Lipinski definition) is 2. The molecule has 4 heteroatoms. The van der Waals surface area contributed by atoms with E-state index in [0.717, 1.165) is 16.8 Å². The quantitative estimate of drug-likeness (QED) is 0.825. The molecule has 0 spiro atoms. The second-order valence-corrected chi connectivity index (χ2v) is 4.04. The highest BCUT2D eigenvalue weighted by atomic mass is 35.5. The zero-order valence-electron chi connectivity index (χ0n) is 9.04. The van der Waals surface area contributed by atoms with Crippen molar-refractivity contribution >= 4 is 11.6 Å². The van der Waals surface area contributed by atoms with Crippen LogP contribution in [0.3, 0.4) is 0 Å². The van der Waals surface area contributed by atoms with Crippen molar-refractivity contribution in [1.29, 1.82) is 0 Å². The maximum Gasteiger partial charge on any atom is 0.267 e. The summed E-state index contributed by atoms with van der Waals surface area (Å²) in [6.07, 6.45) is 0. The third-order valence-corrected chi connectivity index (χ3v) is 2.99. The van der Waals surface area contributed by atoms with Crippen LogP contribution in [0.5, 0.6) is 0 Å². The number of nitrogens with one attached hydrogen (secondary N) is 1. The van der Waals surface area contributed by atoms with Gasteiger partial charge in [-0.25, -0.2) is 5.10 Å². The molecule has 0 amide bonds. The first-order valence-corrected chi connectivity index (χ1v) is 5.30. The van der Waals surface area contributed by atoms with Crippen LogP contribution in [0.15, 0.2) is 29.1 Å². The Morgan fingerprint density at radius 3 is 2.56 bits per heavy atom. The third-order valence-electron chi connectivity index (χ3n) is 2.66. The molecule has 0 aliphatic rings. The van der Waals surface area contributed by atoms with Gasteiger partial charge in [-0.2, -0.15) is 5.10 Å². The first-order valence-electron chi connectivity index (χ1n) is 4.92. The summed E-state index contributed by atoms with van der Waals surface area (Å²) in [7, 11) is 0. The highest BCUT2D eigenvalue weighted by Gasteiger charge is 2.10. The summed E-state index contributed by atoms with van der Waals surface area (Å²) in [6.45, 7) is 3.65. The van der Waals surface area contributed by atoms with Crippen LogP contribution in [0, 0.1) is 13.8 Å². The van der Waals surface area contributed by atoms with Crippen LogP contribution >= 0.6 is 11.6 Å². The van der Waals surface area contributed by atoms with Gasteiger partial charge in [0.05, 0.1) is 10.7 Å². The van der Waals surface area contributed by atoms with Gasteiger partial charge >= 0.3 is 0 Å². The Labute approximate surface area is 98.1 Å². The zero-order chi connectivity index (χ0) is 11.7. The molecular formula is C12H11ClN2O. The molecule has 0 fully saturated rings. The predicted molar refractivity (Wildman–Crippen MR) is 64.8 cm³/mol. The fourth-order valence-electron chi connectivity index (χ4n) is 1.54. The summed E-state index contributed by atoms with van der Waals surface area (Å²) in [5.41, 5.74) is 2.93. The minimum atomic E-state index is -0.159. The number of nitrogens with zero attached hydrogens (tertiary/aromatic N) is 1. The van der Waals surface area contributed by atoms with Crippen LogP contribution in [0.2, 0.25) is 5.02 Å². The van der Waals surface area contributed by atoms with Crippen molar-refractivity contribution in [3.63, 3.8) is 0 Å². The Morgan fingerprint density at radius 1 is 1.19 bits per heavy atom. The maximum absolute atomic E-state index is 11.4. The number of hydrogen-bond donors (Lipinski definition) is 1. The van der Waals surface area contributed by atoms with Gasteiger partial charge in [0.25, 0.3) is 5.56 Å². The first kappa shape index (κ1) is 10.9. The fourth-order valence-corrected chi connectivity index (χ4v) is 1.76. The average molecular weight is 235 g/mol. The summed E-state index contributed by atoms with van der Waals surface area (Å²) in [6, 6.07) is 7.44. The Bertz CT molecular complexity index is 590. The molecule has 1 N–H and O–H groups in total. The molecule has 0 saturated carbocycles. The number of benzene rings is 1. The highest BCUT2D eigenvalue weighted by molar-refractivity contribution is 6.33. The van der Waals surface area contributed by atoms with Gasteiger partial charge in [0, 0.05) is 11.1 Å². The Balaban J connectivity index is 2.71. The van der Waals surface area contributed by atoms with Crippen LogP contribution in [-0.2, 0) is 0 Å². The molecule has 0 aliphatic carbocycles. The second-order valence-electron chi connectivity index (χ2n) is 3.63. The van der Waals surface area contributed by atoms with E-state index in [1.54, 1.807) is 13.0 Å². The van der Waals surface area contributed by atoms with Gasteiger partial charge in [0.15, 0.2) is 0 Å². The van der Waals surface area contributed by atoms with Crippen LogP contribution in [0.25, 0.3) is 11.3 Å². The lowest BCUT2D eigenvalue weighted by Crippen LogP contribution is -2.14. The molecule has 0 radical (unpaired) electrons.